The molecule has 0 radical (unpaired) electrons. The van der Waals surface area contributed by atoms with Crippen LogP contribution in [0.2, 0.25) is 0 Å². The predicted molar refractivity (Wildman–Crippen MR) is 62.4 cm³/mol. The third kappa shape index (κ3) is 3.20. The average Bonchev–Trinajstić information content (AvgIpc) is 2.87. The van der Waals surface area contributed by atoms with Crippen molar-refractivity contribution in [2.24, 2.45) is 5.92 Å². The lowest BCUT2D eigenvalue weighted by molar-refractivity contribution is 0.293. The molecule has 1 aliphatic rings. The van der Waals surface area contributed by atoms with Crippen LogP contribution in [0, 0.1) is 12.8 Å². The molecule has 1 atom stereocenters. The topological polar surface area (TPSA) is 54.2 Å². The van der Waals surface area contributed by atoms with Crippen molar-refractivity contribution in [1.29, 1.82) is 0 Å². The Morgan fingerprint density at radius 1 is 1.44 bits per heavy atom. The summed E-state index contributed by atoms with van der Waals surface area (Å²) in [5, 5.41) is 6.91. The van der Waals surface area contributed by atoms with E-state index in [1.54, 1.807) is 0 Å². The molecule has 0 aliphatic carbocycles. The summed E-state index contributed by atoms with van der Waals surface area (Å²) in [6.07, 6.45) is 2.70. The Hall–Kier alpha value is -1.10. The molecule has 16 heavy (non-hydrogen) atoms. The Kier molecular flexibility index (Phi) is 3.77. The molecule has 1 saturated heterocycles. The second-order valence-corrected chi connectivity index (χ2v) is 4.64. The Bertz CT molecular complexity index is 320. The van der Waals surface area contributed by atoms with Gasteiger partial charge in [0.25, 0.3) is 0 Å². The molecule has 90 valence electrons. The normalized spacial score (nSPS) is 18.9. The lowest BCUT2D eigenvalue weighted by Crippen LogP contribution is -2.28. The summed E-state index contributed by atoms with van der Waals surface area (Å²) in [6.45, 7) is 8.61. The van der Waals surface area contributed by atoms with Gasteiger partial charge in [-0.25, -0.2) is 0 Å². The van der Waals surface area contributed by atoms with Crippen molar-refractivity contribution in [2.75, 3.05) is 31.5 Å². The van der Waals surface area contributed by atoms with E-state index < -0.39 is 0 Å². The van der Waals surface area contributed by atoms with Crippen LogP contribution in [0.15, 0.2) is 4.52 Å². The molecule has 1 aromatic heterocycles. The van der Waals surface area contributed by atoms with Gasteiger partial charge in [-0.05, 0) is 38.8 Å². The number of nitrogens with one attached hydrogen (secondary N) is 1. The Labute approximate surface area is 96.2 Å². The van der Waals surface area contributed by atoms with Crippen LogP contribution in [-0.2, 0) is 0 Å². The zero-order valence-electron chi connectivity index (χ0n) is 10.1. The molecular formula is C11H20N4O. The summed E-state index contributed by atoms with van der Waals surface area (Å²) in [4.78, 5) is 6.63. The Balaban J connectivity index is 1.68. The van der Waals surface area contributed by atoms with Crippen molar-refractivity contribution in [1.82, 2.24) is 15.0 Å². The van der Waals surface area contributed by atoms with E-state index in [9.17, 15) is 0 Å². The second-order valence-electron chi connectivity index (χ2n) is 4.64. The molecule has 1 aromatic rings. The molecule has 2 heterocycles. The molecule has 1 unspecified atom stereocenters. The average molecular weight is 224 g/mol. The van der Waals surface area contributed by atoms with Crippen LogP contribution in [-0.4, -0.2) is 41.2 Å². The number of hydrogen-bond donors (Lipinski definition) is 1. The highest BCUT2D eigenvalue weighted by Gasteiger charge is 2.14. The lowest BCUT2D eigenvalue weighted by atomic mass is 10.1. The summed E-state index contributed by atoms with van der Waals surface area (Å²) in [5.41, 5.74) is 0. The van der Waals surface area contributed by atoms with Gasteiger partial charge in [-0.1, -0.05) is 12.1 Å². The second kappa shape index (κ2) is 5.30. The summed E-state index contributed by atoms with van der Waals surface area (Å²) in [5.74, 6) is 1.28. The molecule has 1 aliphatic heterocycles. The van der Waals surface area contributed by atoms with Gasteiger partial charge in [0, 0.05) is 13.1 Å². The number of nitrogens with zero attached hydrogens (tertiary/aromatic N) is 3. The highest BCUT2D eigenvalue weighted by molar-refractivity contribution is 5.17. The maximum absolute atomic E-state index is 5.00. The van der Waals surface area contributed by atoms with E-state index in [-0.39, 0.29) is 0 Å². The van der Waals surface area contributed by atoms with Gasteiger partial charge >= 0.3 is 6.01 Å². The first kappa shape index (κ1) is 11.4. The van der Waals surface area contributed by atoms with Gasteiger partial charge in [-0.15, -0.1) is 0 Å². The van der Waals surface area contributed by atoms with Crippen LogP contribution >= 0.6 is 0 Å². The quantitative estimate of drug-likeness (QED) is 0.822. The van der Waals surface area contributed by atoms with E-state index in [4.69, 9.17) is 4.52 Å². The van der Waals surface area contributed by atoms with E-state index >= 15 is 0 Å². The van der Waals surface area contributed by atoms with Crippen molar-refractivity contribution in [3.05, 3.63) is 5.82 Å². The largest absolute Gasteiger partial charge is 0.337 e. The van der Waals surface area contributed by atoms with E-state index in [0.29, 0.717) is 17.8 Å². The van der Waals surface area contributed by atoms with Gasteiger partial charge in [0.1, 0.15) is 0 Å². The fraction of sp³-hybridized carbons (Fsp3) is 0.818. The van der Waals surface area contributed by atoms with Gasteiger partial charge in [-0.3, -0.25) is 0 Å². The van der Waals surface area contributed by atoms with Gasteiger partial charge in [0.2, 0.25) is 0 Å². The zero-order valence-corrected chi connectivity index (χ0v) is 10.1. The van der Waals surface area contributed by atoms with Gasteiger partial charge in [0.15, 0.2) is 5.82 Å². The summed E-state index contributed by atoms with van der Waals surface area (Å²) < 4.78 is 5.00. The van der Waals surface area contributed by atoms with E-state index in [1.807, 2.05) is 6.92 Å². The molecule has 0 saturated carbocycles. The molecular weight excluding hydrogens is 204 g/mol. The fourth-order valence-electron chi connectivity index (χ4n) is 2.10. The molecule has 0 aromatic carbocycles. The summed E-state index contributed by atoms with van der Waals surface area (Å²) in [7, 11) is 0. The number of rotatable bonds is 5. The van der Waals surface area contributed by atoms with Crippen LogP contribution < -0.4 is 5.32 Å². The number of hydrogen-bond acceptors (Lipinski definition) is 5. The van der Waals surface area contributed by atoms with Gasteiger partial charge in [0.05, 0.1) is 0 Å². The van der Waals surface area contributed by atoms with E-state index in [1.165, 1.54) is 25.9 Å². The first-order chi connectivity index (χ1) is 7.74. The molecule has 2 rings (SSSR count). The van der Waals surface area contributed by atoms with Crippen LogP contribution in [0.5, 0.6) is 0 Å². The van der Waals surface area contributed by atoms with E-state index in [0.717, 1.165) is 13.1 Å². The molecule has 0 spiro atoms. The van der Waals surface area contributed by atoms with Crippen LogP contribution in [0.3, 0.4) is 0 Å². The van der Waals surface area contributed by atoms with E-state index in [2.05, 4.69) is 27.3 Å². The minimum atomic E-state index is 0.533. The first-order valence-electron chi connectivity index (χ1n) is 6.00. The SMILES string of the molecule is Cc1noc(NCC(C)CN2CCCC2)n1. The highest BCUT2D eigenvalue weighted by Crippen LogP contribution is 2.11. The highest BCUT2D eigenvalue weighted by atomic mass is 16.5. The van der Waals surface area contributed by atoms with Crippen LogP contribution in [0.4, 0.5) is 6.01 Å². The molecule has 1 fully saturated rings. The fourth-order valence-corrected chi connectivity index (χ4v) is 2.10. The third-order valence-electron chi connectivity index (χ3n) is 2.90. The number of likely N-dealkylation sites (tertiary alicyclic amines) is 1. The predicted octanol–water partition coefficient (Wildman–Crippen LogP) is 1.52. The van der Waals surface area contributed by atoms with Crippen molar-refractivity contribution >= 4 is 6.01 Å². The molecule has 5 heteroatoms. The molecule has 1 N–H and O–H groups in total. The smallest absolute Gasteiger partial charge is 0.321 e. The maximum Gasteiger partial charge on any atom is 0.321 e. The Morgan fingerprint density at radius 3 is 2.81 bits per heavy atom. The lowest BCUT2D eigenvalue weighted by Gasteiger charge is -2.19. The summed E-state index contributed by atoms with van der Waals surface area (Å²) in [6, 6.07) is 0.533. The minimum Gasteiger partial charge on any atom is -0.337 e. The summed E-state index contributed by atoms with van der Waals surface area (Å²) >= 11 is 0. The minimum absolute atomic E-state index is 0.533. The zero-order chi connectivity index (χ0) is 11.4. The third-order valence-corrected chi connectivity index (χ3v) is 2.90. The van der Waals surface area contributed by atoms with Crippen molar-refractivity contribution in [3.63, 3.8) is 0 Å². The number of aromatic nitrogens is 2. The first-order valence-corrected chi connectivity index (χ1v) is 6.00. The van der Waals surface area contributed by atoms with Gasteiger partial charge < -0.3 is 14.7 Å². The van der Waals surface area contributed by atoms with Crippen molar-refractivity contribution < 1.29 is 4.52 Å². The van der Waals surface area contributed by atoms with Crippen molar-refractivity contribution in [3.8, 4) is 0 Å². The van der Waals surface area contributed by atoms with Gasteiger partial charge in [-0.2, -0.15) is 4.98 Å². The number of aryl methyl sites for hydroxylation is 1. The van der Waals surface area contributed by atoms with Crippen LogP contribution in [0.25, 0.3) is 0 Å². The molecule has 0 amide bonds. The maximum atomic E-state index is 5.00. The monoisotopic (exact) mass is 224 g/mol. The standard InChI is InChI=1S/C11H20N4O/c1-9(8-15-5-3-4-6-15)7-12-11-13-10(2)14-16-11/h9H,3-8H2,1-2H3,(H,12,13,14). The van der Waals surface area contributed by atoms with Crippen molar-refractivity contribution in [2.45, 2.75) is 26.7 Å². The molecule has 5 nitrogen and oxygen atoms in total. The number of anilines is 1. The van der Waals surface area contributed by atoms with Crippen LogP contribution in [0.1, 0.15) is 25.6 Å². The molecule has 0 bridgehead atoms. The Morgan fingerprint density at radius 2 is 2.19 bits per heavy atom.